The van der Waals surface area contributed by atoms with Crippen LogP contribution in [0.5, 0.6) is 0 Å². The molecule has 0 aliphatic carbocycles. The van der Waals surface area contributed by atoms with Crippen LogP contribution < -0.4 is 22.7 Å². The van der Waals surface area contributed by atoms with Gasteiger partial charge in [0, 0.05) is 12.6 Å². The number of hydrogen-bond donors (Lipinski definition) is 4. The number of hydrogen-bond acceptors (Lipinski definition) is 7. The molecule has 0 fully saturated rings. The molecule has 0 spiro atoms. The number of halogens is 1. The molecule has 0 unspecified atom stereocenters. The number of pyridine rings is 2. The van der Waals surface area contributed by atoms with Crippen molar-refractivity contribution in [1.29, 1.82) is 0 Å². The standard InChI is InChI=1S/C14H15FN8/c15-10-1-2-12(19-6-10)23-7-8(5-20-23)3-9-4-11(16)21-14(22-18)13(9)17/h1-2,4-7H,3,17-18H2,(H3,16,21,22). The number of nitrogens with one attached hydrogen (secondary N) is 1. The molecule has 0 atom stereocenters. The zero-order valence-corrected chi connectivity index (χ0v) is 12.1. The van der Waals surface area contributed by atoms with Gasteiger partial charge in [-0.15, -0.1) is 0 Å². The normalized spacial score (nSPS) is 10.7. The highest BCUT2D eigenvalue weighted by atomic mass is 19.1. The maximum atomic E-state index is 12.9. The largest absolute Gasteiger partial charge is 0.395 e. The minimum atomic E-state index is -0.400. The highest BCUT2D eigenvalue weighted by Crippen LogP contribution is 2.24. The van der Waals surface area contributed by atoms with E-state index in [2.05, 4.69) is 20.5 Å². The molecule has 3 rings (SSSR count). The number of rotatable bonds is 4. The molecule has 0 aliphatic rings. The molecule has 0 saturated heterocycles. The Morgan fingerprint density at radius 1 is 1.22 bits per heavy atom. The second-order valence-corrected chi connectivity index (χ2v) is 4.92. The summed E-state index contributed by atoms with van der Waals surface area (Å²) in [6.45, 7) is 0. The third kappa shape index (κ3) is 3.04. The Labute approximate surface area is 131 Å². The molecule has 3 aromatic heterocycles. The summed E-state index contributed by atoms with van der Waals surface area (Å²) >= 11 is 0. The fourth-order valence-electron chi connectivity index (χ4n) is 2.19. The first-order valence-electron chi connectivity index (χ1n) is 6.74. The van der Waals surface area contributed by atoms with Crippen LogP contribution in [0.2, 0.25) is 0 Å². The van der Waals surface area contributed by atoms with Gasteiger partial charge in [-0.3, -0.25) is 0 Å². The van der Waals surface area contributed by atoms with Gasteiger partial charge in [-0.05, 0) is 29.3 Å². The van der Waals surface area contributed by atoms with E-state index in [1.54, 1.807) is 29.2 Å². The van der Waals surface area contributed by atoms with E-state index in [1.807, 2.05) is 0 Å². The Balaban J connectivity index is 1.87. The summed E-state index contributed by atoms with van der Waals surface area (Å²) in [4.78, 5) is 7.98. The van der Waals surface area contributed by atoms with E-state index in [0.29, 0.717) is 29.6 Å². The highest BCUT2D eigenvalue weighted by molar-refractivity contribution is 5.68. The van der Waals surface area contributed by atoms with Crippen molar-refractivity contribution in [2.45, 2.75) is 6.42 Å². The molecule has 9 heteroatoms. The van der Waals surface area contributed by atoms with Gasteiger partial charge in [-0.2, -0.15) is 5.10 Å². The van der Waals surface area contributed by atoms with Crippen molar-refractivity contribution in [2.75, 3.05) is 16.9 Å². The summed E-state index contributed by atoms with van der Waals surface area (Å²) in [6.07, 6.45) is 5.09. The van der Waals surface area contributed by atoms with Gasteiger partial charge in [0.2, 0.25) is 0 Å². The maximum Gasteiger partial charge on any atom is 0.165 e. The van der Waals surface area contributed by atoms with Crippen molar-refractivity contribution in [3.05, 3.63) is 53.7 Å². The monoisotopic (exact) mass is 314 g/mol. The van der Waals surface area contributed by atoms with Gasteiger partial charge in [0.25, 0.3) is 0 Å². The van der Waals surface area contributed by atoms with Crippen LogP contribution >= 0.6 is 0 Å². The molecule has 3 heterocycles. The topological polar surface area (TPSA) is 134 Å². The average Bonchev–Trinajstić information content (AvgIpc) is 2.99. The van der Waals surface area contributed by atoms with Crippen molar-refractivity contribution < 1.29 is 4.39 Å². The number of anilines is 3. The predicted octanol–water partition coefficient (Wildman–Crippen LogP) is 0.842. The third-order valence-corrected chi connectivity index (χ3v) is 3.28. The van der Waals surface area contributed by atoms with Gasteiger partial charge < -0.3 is 16.9 Å². The van der Waals surface area contributed by atoms with E-state index in [0.717, 1.165) is 17.3 Å². The van der Waals surface area contributed by atoms with Crippen LogP contribution in [0, 0.1) is 5.82 Å². The summed E-state index contributed by atoms with van der Waals surface area (Å²) in [6, 6.07) is 4.55. The Morgan fingerprint density at radius 3 is 2.74 bits per heavy atom. The lowest BCUT2D eigenvalue weighted by atomic mass is 10.1. The smallest absolute Gasteiger partial charge is 0.165 e. The Hall–Kier alpha value is -3.20. The van der Waals surface area contributed by atoms with Crippen molar-refractivity contribution in [1.82, 2.24) is 19.7 Å². The molecule has 23 heavy (non-hydrogen) atoms. The molecule has 0 saturated carbocycles. The van der Waals surface area contributed by atoms with E-state index in [9.17, 15) is 4.39 Å². The molecule has 0 bridgehead atoms. The summed E-state index contributed by atoms with van der Waals surface area (Å²) in [5.74, 6) is 6.13. The number of hydrazine groups is 1. The molecule has 0 aromatic carbocycles. The molecular weight excluding hydrogens is 299 g/mol. The highest BCUT2D eigenvalue weighted by Gasteiger charge is 2.10. The Bertz CT molecular complexity index is 827. The Kier molecular flexibility index (Phi) is 3.77. The van der Waals surface area contributed by atoms with Crippen LogP contribution in [0.4, 0.5) is 21.7 Å². The van der Waals surface area contributed by atoms with Crippen molar-refractivity contribution in [2.24, 2.45) is 5.84 Å². The third-order valence-electron chi connectivity index (χ3n) is 3.28. The summed E-state index contributed by atoms with van der Waals surface area (Å²) in [5.41, 5.74) is 16.2. The molecule has 118 valence electrons. The lowest BCUT2D eigenvalue weighted by molar-refractivity contribution is 0.619. The second-order valence-electron chi connectivity index (χ2n) is 4.92. The van der Waals surface area contributed by atoms with E-state index >= 15 is 0 Å². The molecule has 8 nitrogen and oxygen atoms in total. The summed E-state index contributed by atoms with van der Waals surface area (Å²) in [7, 11) is 0. The van der Waals surface area contributed by atoms with Gasteiger partial charge in [-0.25, -0.2) is 24.9 Å². The Morgan fingerprint density at radius 2 is 2.04 bits per heavy atom. The fourth-order valence-corrected chi connectivity index (χ4v) is 2.19. The van der Waals surface area contributed by atoms with Gasteiger partial charge in [0.15, 0.2) is 11.6 Å². The minimum absolute atomic E-state index is 0.315. The van der Waals surface area contributed by atoms with Crippen LogP contribution in [-0.2, 0) is 6.42 Å². The maximum absolute atomic E-state index is 12.9. The van der Waals surface area contributed by atoms with Crippen molar-refractivity contribution in [3.63, 3.8) is 0 Å². The van der Waals surface area contributed by atoms with E-state index in [4.69, 9.17) is 17.3 Å². The number of nitrogens with two attached hydrogens (primary N) is 3. The molecule has 0 radical (unpaired) electrons. The zero-order valence-electron chi connectivity index (χ0n) is 12.1. The van der Waals surface area contributed by atoms with Crippen molar-refractivity contribution >= 4 is 17.3 Å². The summed E-state index contributed by atoms with van der Waals surface area (Å²) < 4.78 is 14.5. The van der Waals surface area contributed by atoms with Gasteiger partial charge in [-0.1, -0.05) is 0 Å². The van der Waals surface area contributed by atoms with E-state index in [-0.39, 0.29) is 0 Å². The van der Waals surface area contributed by atoms with Gasteiger partial charge in [0.05, 0.1) is 18.1 Å². The molecule has 0 aliphatic heterocycles. The molecule has 3 aromatic rings. The van der Waals surface area contributed by atoms with Crippen molar-refractivity contribution in [3.8, 4) is 5.82 Å². The van der Waals surface area contributed by atoms with Crippen LogP contribution in [0.15, 0.2) is 36.8 Å². The lowest BCUT2D eigenvalue weighted by Gasteiger charge is -2.10. The lowest BCUT2D eigenvalue weighted by Crippen LogP contribution is -2.13. The van der Waals surface area contributed by atoms with Crippen LogP contribution in [0.1, 0.15) is 11.1 Å². The average molecular weight is 314 g/mol. The minimum Gasteiger partial charge on any atom is -0.395 e. The predicted molar refractivity (Wildman–Crippen MR) is 85.0 cm³/mol. The van der Waals surface area contributed by atoms with Crippen LogP contribution in [-0.4, -0.2) is 19.7 Å². The second kappa shape index (κ2) is 5.89. The first kappa shape index (κ1) is 14.7. The summed E-state index contributed by atoms with van der Waals surface area (Å²) in [5, 5.41) is 4.21. The van der Waals surface area contributed by atoms with Crippen LogP contribution in [0.3, 0.4) is 0 Å². The number of nitrogen functional groups attached to an aromatic ring is 3. The van der Waals surface area contributed by atoms with E-state index in [1.165, 1.54) is 6.07 Å². The van der Waals surface area contributed by atoms with Crippen LogP contribution in [0.25, 0.3) is 5.82 Å². The van der Waals surface area contributed by atoms with Gasteiger partial charge >= 0.3 is 0 Å². The first-order chi connectivity index (χ1) is 11.1. The van der Waals surface area contributed by atoms with Gasteiger partial charge in [0.1, 0.15) is 11.6 Å². The quantitative estimate of drug-likeness (QED) is 0.414. The zero-order chi connectivity index (χ0) is 16.4. The molecule has 7 N–H and O–H groups in total. The first-order valence-corrected chi connectivity index (χ1v) is 6.74. The fraction of sp³-hybridized carbons (Fsp3) is 0.0714. The number of aromatic nitrogens is 4. The number of nitrogens with zero attached hydrogens (tertiary/aromatic N) is 4. The van der Waals surface area contributed by atoms with E-state index < -0.39 is 5.82 Å². The SMILES string of the molecule is NNc1nc(N)cc(Cc2cnn(-c3ccc(F)cn3)c2)c1N. The molecular formula is C14H15FN8. The molecule has 0 amide bonds.